The average molecular weight is 197 g/mol. The van der Waals surface area contributed by atoms with E-state index in [9.17, 15) is 4.79 Å². The maximum Gasteiger partial charge on any atom is 0.308 e. The third kappa shape index (κ3) is 1.92. The summed E-state index contributed by atoms with van der Waals surface area (Å²) in [6.45, 7) is 1.00. The molecule has 2 rings (SSSR count). The Morgan fingerprint density at radius 2 is 1.86 bits per heavy atom. The zero-order valence-corrected chi connectivity index (χ0v) is 8.54. The summed E-state index contributed by atoms with van der Waals surface area (Å²) in [5, 5.41) is 12.5. The minimum atomic E-state index is -0.603. The Balaban J connectivity index is 2.01. The highest BCUT2D eigenvalue weighted by molar-refractivity contribution is 5.71. The molecule has 0 aromatic heterocycles. The van der Waals surface area contributed by atoms with Gasteiger partial charge in [-0.15, -0.1) is 0 Å². The van der Waals surface area contributed by atoms with Crippen LogP contribution < -0.4 is 5.32 Å². The lowest BCUT2D eigenvalue weighted by molar-refractivity contribution is -0.144. The van der Waals surface area contributed by atoms with Gasteiger partial charge in [0, 0.05) is 6.04 Å². The van der Waals surface area contributed by atoms with Crippen molar-refractivity contribution in [1.29, 1.82) is 0 Å². The molecule has 1 heterocycles. The number of hydrogen-bond donors (Lipinski definition) is 2. The molecule has 3 heteroatoms. The van der Waals surface area contributed by atoms with Gasteiger partial charge < -0.3 is 10.4 Å². The lowest BCUT2D eigenvalue weighted by Crippen LogP contribution is -2.48. The largest absolute Gasteiger partial charge is 0.481 e. The number of aliphatic carboxylic acids is 1. The molecule has 0 aromatic rings. The van der Waals surface area contributed by atoms with Crippen molar-refractivity contribution in [2.75, 3.05) is 6.54 Å². The van der Waals surface area contributed by atoms with Gasteiger partial charge in [-0.2, -0.15) is 0 Å². The molecule has 3 nitrogen and oxygen atoms in total. The first-order chi connectivity index (χ1) is 6.79. The second-order valence-corrected chi connectivity index (χ2v) is 4.61. The van der Waals surface area contributed by atoms with E-state index in [1.807, 2.05) is 0 Å². The van der Waals surface area contributed by atoms with Crippen molar-refractivity contribution in [3.8, 4) is 0 Å². The number of carbonyl (C=O) groups is 1. The SMILES string of the molecule is O=C(O)[C@H]1CCCN[C@H]1C1CCCC1. The molecule has 80 valence electrons. The average Bonchev–Trinajstić information content (AvgIpc) is 2.70. The van der Waals surface area contributed by atoms with Crippen molar-refractivity contribution < 1.29 is 9.90 Å². The van der Waals surface area contributed by atoms with E-state index in [-0.39, 0.29) is 12.0 Å². The normalized spacial score (nSPS) is 34.6. The quantitative estimate of drug-likeness (QED) is 0.707. The number of piperidine rings is 1. The molecule has 2 atom stereocenters. The highest BCUT2D eigenvalue weighted by atomic mass is 16.4. The maximum absolute atomic E-state index is 11.1. The maximum atomic E-state index is 11.1. The summed E-state index contributed by atoms with van der Waals surface area (Å²) in [6.07, 6.45) is 6.90. The molecule has 0 radical (unpaired) electrons. The van der Waals surface area contributed by atoms with Crippen molar-refractivity contribution in [2.24, 2.45) is 11.8 Å². The Bertz CT molecular complexity index is 211. The highest BCUT2D eigenvalue weighted by Gasteiger charge is 2.36. The predicted octanol–water partition coefficient (Wildman–Crippen LogP) is 1.63. The minimum absolute atomic E-state index is 0.133. The molecule has 2 fully saturated rings. The monoisotopic (exact) mass is 197 g/mol. The summed E-state index contributed by atoms with van der Waals surface area (Å²) in [5.74, 6) is -0.114. The molecule has 14 heavy (non-hydrogen) atoms. The first-order valence-corrected chi connectivity index (χ1v) is 5.75. The fourth-order valence-corrected chi connectivity index (χ4v) is 3.00. The molecule has 1 saturated heterocycles. The van der Waals surface area contributed by atoms with Gasteiger partial charge in [0.1, 0.15) is 0 Å². The summed E-state index contributed by atoms with van der Waals surface area (Å²) < 4.78 is 0. The fraction of sp³-hybridized carbons (Fsp3) is 0.909. The van der Waals surface area contributed by atoms with Crippen LogP contribution in [0.4, 0.5) is 0 Å². The van der Waals surface area contributed by atoms with Gasteiger partial charge in [0.25, 0.3) is 0 Å². The Morgan fingerprint density at radius 1 is 1.14 bits per heavy atom. The van der Waals surface area contributed by atoms with Gasteiger partial charge >= 0.3 is 5.97 Å². The smallest absolute Gasteiger partial charge is 0.308 e. The van der Waals surface area contributed by atoms with E-state index in [4.69, 9.17) is 5.11 Å². The fourth-order valence-electron chi connectivity index (χ4n) is 3.00. The standard InChI is InChI=1S/C11H19NO2/c13-11(14)9-6-3-7-12-10(9)8-4-1-2-5-8/h8-10,12H,1-7H2,(H,13,14)/t9-,10-/m0/s1. The molecule has 0 spiro atoms. The van der Waals surface area contributed by atoms with E-state index in [0.717, 1.165) is 19.4 Å². The van der Waals surface area contributed by atoms with Gasteiger partial charge in [-0.1, -0.05) is 12.8 Å². The van der Waals surface area contributed by atoms with Crippen LogP contribution in [0.5, 0.6) is 0 Å². The second-order valence-electron chi connectivity index (χ2n) is 4.61. The van der Waals surface area contributed by atoms with E-state index in [1.54, 1.807) is 0 Å². The van der Waals surface area contributed by atoms with Crippen LogP contribution in [0.2, 0.25) is 0 Å². The molecule has 2 N–H and O–H groups in total. The molecule has 0 aromatic carbocycles. The van der Waals surface area contributed by atoms with Crippen molar-refractivity contribution in [3.63, 3.8) is 0 Å². The van der Waals surface area contributed by atoms with Crippen molar-refractivity contribution >= 4 is 5.97 Å². The van der Waals surface area contributed by atoms with Crippen molar-refractivity contribution in [2.45, 2.75) is 44.6 Å². The molecule has 1 saturated carbocycles. The van der Waals surface area contributed by atoms with Crippen LogP contribution in [0.15, 0.2) is 0 Å². The van der Waals surface area contributed by atoms with Crippen molar-refractivity contribution in [1.82, 2.24) is 5.32 Å². The summed E-state index contributed by atoms with van der Waals surface area (Å²) >= 11 is 0. The lowest BCUT2D eigenvalue weighted by Gasteiger charge is -2.34. The zero-order valence-electron chi connectivity index (χ0n) is 8.54. The van der Waals surface area contributed by atoms with Gasteiger partial charge in [-0.3, -0.25) is 4.79 Å². The van der Waals surface area contributed by atoms with Crippen LogP contribution in [0.1, 0.15) is 38.5 Å². The number of nitrogens with one attached hydrogen (secondary N) is 1. The topological polar surface area (TPSA) is 49.3 Å². The molecule has 0 amide bonds. The Hall–Kier alpha value is -0.570. The van der Waals surface area contributed by atoms with Gasteiger partial charge in [-0.25, -0.2) is 0 Å². The molecule has 0 bridgehead atoms. The van der Waals surface area contributed by atoms with E-state index in [0.29, 0.717) is 5.92 Å². The molecule has 0 unspecified atom stereocenters. The van der Waals surface area contributed by atoms with Gasteiger partial charge in [0.15, 0.2) is 0 Å². The molecule has 1 aliphatic carbocycles. The van der Waals surface area contributed by atoms with E-state index in [2.05, 4.69) is 5.32 Å². The summed E-state index contributed by atoms with van der Waals surface area (Å²) in [6, 6.07) is 0.253. The number of carboxylic acids is 1. The minimum Gasteiger partial charge on any atom is -0.481 e. The van der Waals surface area contributed by atoms with Crippen molar-refractivity contribution in [3.05, 3.63) is 0 Å². The van der Waals surface area contributed by atoms with Gasteiger partial charge in [-0.05, 0) is 38.1 Å². The van der Waals surface area contributed by atoms with E-state index >= 15 is 0 Å². The van der Waals surface area contributed by atoms with Gasteiger partial charge in [0.05, 0.1) is 5.92 Å². The van der Waals surface area contributed by atoms with Crippen LogP contribution >= 0.6 is 0 Å². The van der Waals surface area contributed by atoms with Crippen LogP contribution in [-0.2, 0) is 4.79 Å². The molecular weight excluding hydrogens is 178 g/mol. The number of rotatable bonds is 2. The van der Waals surface area contributed by atoms with Crippen LogP contribution in [0, 0.1) is 11.8 Å². The van der Waals surface area contributed by atoms with Crippen LogP contribution in [-0.4, -0.2) is 23.7 Å². The third-order valence-corrected chi connectivity index (χ3v) is 3.73. The summed E-state index contributed by atoms with van der Waals surface area (Å²) in [4.78, 5) is 11.1. The Labute approximate surface area is 84.9 Å². The third-order valence-electron chi connectivity index (χ3n) is 3.73. The zero-order chi connectivity index (χ0) is 9.97. The Kier molecular flexibility index (Phi) is 3.06. The highest BCUT2D eigenvalue weighted by Crippen LogP contribution is 2.33. The number of carboxylic acid groups (broad SMARTS) is 1. The van der Waals surface area contributed by atoms with E-state index in [1.165, 1.54) is 25.7 Å². The first kappa shape index (κ1) is 9.97. The summed E-state index contributed by atoms with van der Waals surface area (Å²) in [7, 11) is 0. The molecule has 2 aliphatic rings. The van der Waals surface area contributed by atoms with E-state index < -0.39 is 5.97 Å². The predicted molar refractivity (Wildman–Crippen MR) is 54.1 cm³/mol. The Morgan fingerprint density at radius 3 is 2.50 bits per heavy atom. The first-order valence-electron chi connectivity index (χ1n) is 5.75. The molecular formula is C11H19NO2. The number of hydrogen-bond acceptors (Lipinski definition) is 2. The van der Waals surface area contributed by atoms with Gasteiger partial charge in [0.2, 0.25) is 0 Å². The van der Waals surface area contributed by atoms with Crippen LogP contribution in [0.25, 0.3) is 0 Å². The molecule has 1 aliphatic heterocycles. The second kappa shape index (κ2) is 4.30. The van der Waals surface area contributed by atoms with Crippen LogP contribution in [0.3, 0.4) is 0 Å². The lowest BCUT2D eigenvalue weighted by atomic mass is 9.82. The summed E-state index contributed by atoms with van der Waals surface area (Å²) in [5.41, 5.74) is 0.